The molecular weight excluding hydrogens is 292 g/mol. The van der Waals surface area contributed by atoms with Crippen LogP contribution in [0.2, 0.25) is 0 Å². The topological polar surface area (TPSA) is 86.7 Å². The van der Waals surface area contributed by atoms with E-state index in [1.54, 1.807) is 16.3 Å². The van der Waals surface area contributed by atoms with Crippen LogP contribution in [-0.2, 0) is 9.59 Å². The van der Waals surface area contributed by atoms with Gasteiger partial charge in [-0.25, -0.2) is 0 Å². The number of carbonyl (C=O) groups excluding carboxylic acids is 2. The van der Waals surface area contributed by atoms with Gasteiger partial charge in [-0.15, -0.1) is 0 Å². The minimum Gasteiger partial charge on any atom is -0.481 e. The van der Waals surface area contributed by atoms with E-state index >= 15 is 0 Å². The molecule has 1 atom stereocenters. The van der Waals surface area contributed by atoms with E-state index in [0.717, 1.165) is 0 Å². The summed E-state index contributed by atoms with van der Waals surface area (Å²) in [6, 6.07) is 1.75. The summed E-state index contributed by atoms with van der Waals surface area (Å²) in [6.07, 6.45) is 1.41. The molecule has 2 heterocycles. The number of carboxylic acids is 1. The number of thiophene rings is 1. The van der Waals surface area contributed by atoms with Crippen LogP contribution in [0, 0.1) is 5.92 Å². The molecule has 1 aromatic rings. The number of carboxylic acid groups (broad SMARTS) is 1. The second-order valence-corrected chi connectivity index (χ2v) is 5.82. The van der Waals surface area contributed by atoms with Crippen LogP contribution in [-0.4, -0.2) is 47.4 Å². The van der Waals surface area contributed by atoms with Gasteiger partial charge in [0.1, 0.15) is 0 Å². The lowest BCUT2D eigenvalue weighted by Gasteiger charge is -2.15. The van der Waals surface area contributed by atoms with Gasteiger partial charge in [-0.2, -0.15) is 11.3 Å². The largest absolute Gasteiger partial charge is 0.481 e. The lowest BCUT2D eigenvalue weighted by atomic mass is 10.1. The Labute approximate surface area is 126 Å². The maximum atomic E-state index is 11.9. The molecule has 1 aliphatic rings. The van der Waals surface area contributed by atoms with E-state index in [1.807, 2.05) is 5.38 Å². The number of amides is 2. The van der Waals surface area contributed by atoms with Crippen LogP contribution in [0.25, 0.3) is 0 Å². The Kier molecular flexibility index (Phi) is 5.32. The summed E-state index contributed by atoms with van der Waals surface area (Å²) in [7, 11) is 0. The van der Waals surface area contributed by atoms with Crippen LogP contribution in [0.1, 0.15) is 29.6 Å². The highest BCUT2D eigenvalue weighted by Crippen LogP contribution is 2.17. The highest BCUT2D eigenvalue weighted by molar-refractivity contribution is 7.08. The summed E-state index contributed by atoms with van der Waals surface area (Å²) < 4.78 is 0. The second-order valence-electron chi connectivity index (χ2n) is 5.04. The second kappa shape index (κ2) is 7.21. The van der Waals surface area contributed by atoms with Crippen molar-refractivity contribution in [1.82, 2.24) is 10.2 Å². The normalized spacial score (nSPS) is 17.7. The quantitative estimate of drug-likeness (QED) is 0.773. The van der Waals surface area contributed by atoms with Gasteiger partial charge < -0.3 is 15.3 Å². The fourth-order valence-electron chi connectivity index (χ4n) is 2.28. The first-order valence-corrected chi connectivity index (χ1v) is 7.83. The predicted molar refractivity (Wildman–Crippen MR) is 78.2 cm³/mol. The summed E-state index contributed by atoms with van der Waals surface area (Å²) >= 11 is 1.46. The van der Waals surface area contributed by atoms with E-state index in [4.69, 9.17) is 5.11 Å². The molecule has 0 aliphatic carbocycles. The minimum atomic E-state index is -0.840. The van der Waals surface area contributed by atoms with Crippen LogP contribution in [0.3, 0.4) is 0 Å². The Morgan fingerprint density at radius 2 is 2.24 bits per heavy atom. The fraction of sp³-hybridized carbons (Fsp3) is 0.500. The van der Waals surface area contributed by atoms with E-state index in [1.165, 1.54) is 11.3 Å². The molecule has 1 aromatic heterocycles. The molecule has 0 radical (unpaired) electrons. The van der Waals surface area contributed by atoms with Crippen LogP contribution >= 0.6 is 11.3 Å². The van der Waals surface area contributed by atoms with Crippen LogP contribution < -0.4 is 5.32 Å². The monoisotopic (exact) mass is 310 g/mol. The number of aliphatic carboxylic acids is 1. The molecule has 6 nitrogen and oxygen atoms in total. The molecule has 2 amide bonds. The SMILES string of the molecule is O=C(NCCCC(=O)N1CCC(C(=O)O)C1)c1ccsc1. The molecule has 2 rings (SSSR count). The molecule has 1 fully saturated rings. The third-order valence-corrected chi connectivity index (χ3v) is 4.21. The van der Waals surface area contributed by atoms with Gasteiger partial charge in [-0.3, -0.25) is 14.4 Å². The van der Waals surface area contributed by atoms with Crippen LogP contribution in [0.4, 0.5) is 0 Å². The number of carbonyl (C=O) groups is 3. The molecule has 0 spiro atoms. The van der Waals surface area contributed by atoms with Crippen molar-refractivity contribution < 1.29 is 19.5 Å². The molecule has 0 saturated carbocycles. The van der Waals surface area contributed by atoms with Gasteiger partial charge in [0.25, 0.3) is 5.91 Å². The Bertz CT molecular complexity index is 515. The number of likely N-dealkylation sites (tertiary alicyclic amines) is 1. The first-order chi connectivity index (χ1) is 10.1. The zero-order chi connectivity index (χ0) is 15.2. The van der Waals surface area contributed by atoms with E-state index in [2.05, 4.69) is 5.32 Å². The molecule has 2 N–H and O–H groups in total. The average molecular weight is 310 g/mol. The zero-order valence-electron chi connectivity index (χ0n) is 11.6. The fourth-order valence-corrected chi connectivity index (χ4v) is 2.92. The van der Waals surface area contributed by atoms with Crippen molar-refractivity contribution >= 4 is 29.1 Å². The van der Waals surface area contributed by atoms with Gasteiger partial charge in [-0.05, 0) is 24.3 Å². The van der Waals surface area contributed by atoms with Gasteiger partial charge in [-0.1, -0.05) is 0 Å². The lowest BCUT2D eigenvalue weighted by Crippen LogP contribution is -2.31. The van der Waals surface area contributed by atoms with Crippen molar-refractivity contribution in [3.05, 3.63) is 22.4 Å². The van der Waals surface area contributed by atoms with Crippen LogP contribution in [0.15, 0.2) is 16.8 Å². The smallest absolute Gasteiger partial charge is 0.308 e. The van der Waals surface area contributed by atoms with Crippen molar-refractivity contribution in [2.45, 2.75) is 19.3 Å². The highest BCUT2D eigenvalue weighted by Gasteiger charge is 2.30. The number of hydrogen-bond acceptors (Lipinski definition) is 4. The molecule has 21 heavy (non-hydrogen) atoms. The zero-order valence-corrected chi connectivity index (χ0v) is 12.4. The molecule has 1 saturated heterocycles. The van der Waals surface area contributed by atoms with Gasteiger partial charge in [0.15, 0.2) is 0 Å². The molecule has 0 aromatic carbocycles. The van der Waals surface area contributed by atoms with E-state index in [9.17, 15) is 14.4 Å². The molecule has 1 unspecified atom stereocenters. The molecule has 114 valence electrons. The van der Waals surface area contributed by atoms with E-state index in [0.29, 0.717) is 44.5 Å². The maximum absolute atomic E-state index is 11.9. The lowest BCUT2D eigenvalue weighted by molar-refractivity contribution is -0.141. The summed E-state index contributed by atoms with van der Waals surface area (Å²) in [5, 5.41) is 15.3. The van der Waals surface area contributed by atoms with Crippen LogP contribution in [0.5, 0.6) is 0 Å². The number of rotatable bonds is 6. The minimum absolute atomic E-state index is 0.0384. The Morgan fingerprint density at radius 1 is 1.43 bits per heavy atom. The Morgan fingerprint density at radius 3 is 2.86 bits per heavy atom. The Hall–Kier alpha value is -1.89. The standard InChI is InChI=1S/C14H18N2O4S/c17-12(16-6-3-10(8-16)14(19)20)2-1-5-15-13(18)11-4-7-21-9-11/h4,7,9-10H,1-3,5-6,8H2,(H,15,18)(H,19,20). The molecule has 1 aliphatic heterocycles. The molecule has 0 bridgehead atoms. The molecular formula is C14H18N2O4S. The third kappa shape index (κ3) is 4.29. The summed E-state index contributed by atoms with van der Waals surface area (Å²) in [5.41, 5.74) is 0.634. The van der Waals surface area contributed by atoms with Gasteiger partial charge in [0.2, 0.25) is 5.91 Å². The third-order valence-electron chi connectivity index (χ3n) is 3.53. The van der Waals surface area contributed by atoms with Gasteiger partial charge >= 0.3 is 5.97 Å². The first kappa shape index (κ1) is 15.5. The van der Waals surface area contributed by atoms with Crippen molar-refractivity contribution in [3.63, 3.8) is 0 Å². The highest BCUT2D eigenvalue weighted by atomic mass is 32.1. The first-order valence-electron chi connectivity index (χ1n) is 6.89. The summed E-state index contributed by atoms with van der Waals surface area (Å²) in [6.45, 7) is 1.25. The number of nitrogens with zero attached hydrogens (tertiary/aromatic N) is 1. The summed E-state index contributed by atoms with van der Waals surface area (Å²) in [4.78, 5) is 36.0. The van der Waals surface area contributed by atoms with E-state index < -0.39 is 11.9 Å². The van der Waals surface area contributed by atoms with Gasteiger partial charge in [0, 0.05) is 37.0 Å². The van der Waals surface area contributed by atoms with E-state index in [-0.39, 0.29) is 11.8 Å². The van der Waals surface area contributed by atoms with Gasteiger partial charge in [0.05, 0.1) is 5.92 Å². The maximum Gasteiger partial charge on any atom is 0.308 e. The van der Waals surface area contributed by atoms with Crippen molar-refractivity contribution in [2.75, 3.05) is 19.6 Å². The molecule has 7 heteroatoms. The Balaban J connectivity index is 1.64. The number of nitrogens with one attached hydrogen (secondary N) is 1. The number of hydrogen-bond donors (Lipinski definition) is 2. The predicted octanol–water partition coefficient (Wildman–Crippen LogP) is 1.19. The van der Waals surface area contributed by atoms with Crippen molar-refractivity contribution in [1.29, 1.82) is 0 Å². The summed E-state index contributed by atoms with van der Waals surface area (Å²) in [5.74, 6) is -1.44. The van der Waals surface area contributed by atoms with Crippen molar-refractivity contribution in [3.8, 4) is 0 Å². The average Bonchev–Trinajstić information content (AvgIpc) is 3.13. The van der Waals surface area contributed by atoms with Crippen molar-refractivity contribution in [2.24, 2.45) is 5.92 Å².